The minimum atomic E-state index is 0.143. The van der Waals surface area contributed by atoms with Crippen LogP contribution in [0.4, 0.5) is 0 Å². The number of nitrogens with one attached hydrogen (secondary N) is 1. The summed E-state index contributed by atoms with van der Waals surface area (Å²) in [5.74, 6) is 1.30. The average molecular weight is 275 g/mol. The van der Waals surface area contributed by atoms with Crippen molar-refractivity contribution in [3.05, 3.63) is 24.5 Å². The molecule has 0 bridgehead atoms. The van der Waals surface area contributed by atoms with Crippen molar-refractivity contribution >= 4 is 11.8 Å². The largest absolute Gasteiger partial charge is 0.356 e. The standard InChI is InChI=1S/C15H21N3O2/c1-17(15(20)10-18-4-2-3-5-18)13-6-11-8-14(19)16-9-12(11)7-13/h2-5,11-13H,6-10H2,1H3,(H,16,19)/t11-,12+,13-/m1/s1. The normalized spacial score (nSPS) is 28.9. The quantitative estimate of drug-likeness (QED) is 0.889. The van der Waals surface area contributed by atoms with E-state index in [2.05, 4.69) is 5.32 Å². The van der Waals surface area contributed by atoms with Gasteiger partial charge in [-0.25, -0.2) is 0 Å². The Hall–Kier alpha value is -1.78. The number of fused-ring (bicyclic) bond motifs is 1. The molecule has 5 heteroatoms. The van der Waals surface area contributed by atoms with Crippen LogP contribution in [-0.2, 0) is 16.1 Å². The van der Waals surface area contributed by atoms with Gasteiger partial charge >= 0.3 is 0 Å². The lowest BCUT2D eigenvalue weighted by atomic mass is 9.89. The van der Waals surface area contributed by atoms with Gasteiger partial charge in [0.05, 0.1) is 0 Å². The van der Waals surface area contributed by atoms with Crippen molar-refractivity contribution in [2.75, 3.05) is 13.6 Å². The highest BCUT2D eigenvalue weighted by atomic mass is 16.2. The average Bonchev–Trinajstić information content (AvgIpc) is 3.06. The highest BCUT2D eigenvalue weighted by Crippen LogP contribution is 2.38. The Labute approximate surface area is 118 Å². The Morgan fingerprint density at radius 2 is 2.05 bits per heavy atom. The molecule has 0 aromatic carbocycles. The van der Waals surface area contributed by atoms with Gasteiger partial charge in [-0.15, -0.1) is 0 Å². The molecule has 108 valence electrons. The van der Waals surface area contributed by atoms with E-state index >= 15 is 0 Å². The SMILES string of the molecule is CN(C(=O)Cn1cccc1)[C@H]1C[C@H]2CNC(=O)C[C@H]2C1. The summed E-state index contributed by atoms with van der Waals surface area (Å²) < 4.78 is 1.89. The van der Waals surface area contributed by atoms with Gasteiger partial charge < -0.3 is 14.8 Å². The molecule has 1 saturated heterocycles. The van der Waals surface area contributed by atoms with E-state index in [4.69, 9.17) is 0 Å². The molecule has 0 spiro atoms. The first-order valence-corrected chi connectivity index (χ1v) is 7.26. The molecule has 0 unspecified atom stereocenters. The number of hydrogen-bond acceptors (Lipinski definition) is 2. The monoisotopic (exact) mass is 275 g/mol. The molecule has 20 heavy (non-hydrogen) atoms. The number of rotatable bonds is 3. The first kappa shape index (κ1) is 13.2. The van der Waals surface area contributed by atoms with E-state index in [1.807, 2.05) is 41.0 Å². The van der Waals surface area contributed by atoms with Crippen LogP contribution in [0.2, 0.25) is 0 Å². The van der Waals surface area contributed by atoms with E-state index in [0.717, 1.165) is 19.4 Å². The lowest BCUT2D eigenvalue weighted by molar-refractivity contribution is -0.132. The lowest BCUT2D eigenvalue weighted by Gasteiger charge is -2.25. The molecule has 1 aliphatic carbocycles. The molecule has 2 fully saturated rings. The highest BCUT2D eigenvalue weighted by molar-refractivity contribution is 5.77. The maximum atomic E-state index is 12.3. The van der Waals surface area contributed by atoms with E-state index in [1.54, 1.807) is 0 Å². The molecule has 1 N–H and O–H groups in total. The number of carbonyl (C=O) groups excluding carboxylic acids is 2. The van der Waals surface area contributed by atoms with Gasteiger partial charge in [0.1, 0.15) is 6.54 Å². The van der Waals surface area contributed by atoms with Crippen LogP contribution in [0.25, 0.3) is 0 Å². The van der Waals surface area contributed by atoms with Crippen LogP contribution < -0.4 is 5.32 Å². The Morgan fingerprint density at radius 3 is 2.80 bits per heavy atom. The number of nitrogens with zero attached hydrogens (tertiary/aromatic N) is 2. The van der Waals surface area contributed by atoms with Crippen molar-refractivity contribution in [3.63, 3.8) is 0 Å². The first-order chi connectivity index (χ1) is 9.63. The van der Waals surface area contributed by atoms with Crippen LogP contribution in [0.15, 0.2) is 24.5 Å². The number of carbonyl (C=O) groups is 2. The summed E-state index contributed by atoms with van der Waals surface area (Å²) in [6, 6.07) is 4.13. The second-order valence-electron chi connectivity index (χ2n) is 6.01. The molecular formula is C15H21N3O2. The summed E-state index contributed by atoms with van der Waals surface area (Å²) in [6.07, 6.45) is 6.41. The van der Waals surface area contributed by atoms with Gasteiger partial charge in [-0.3, -0.25) is 9.59 Å². The zero-order valence-electron chi connectivity index (χ0n) is 11.8. The van der Waals surface area contributed by atoms with Gasteiger partial charge in [-0.2, -0.15) is 0 Å². The fraction of sp³-hybridized carbons (Fsp3) is 0.600. The third kappa shape index (κ3) is 2.57. The predicted octanol–water partition coefficient (Wildman–Crippen LogP) is 0.861. The van der Waals surface area contributed by atoms with Gasteiger partial charge in [0, 0.05) is 38.4 Å². The second-order valence-corrected chi connectivity index (χ2v) is 6.01. The summed E-state index contributed by atoms with van der Waals surface area (Å²) in [7, 11) is 1.89. The number of aromatic nitrogens is 1. The zero-order chi connectivity index (χ0) is 14.1. The Balaban J connectivity index is 1.59. The summed E-state index contributed by atoms with van der Waals surface area (Å²) in [5, 5.41) is 2.93. The maximum Gasteiger partial charge on any atom is 0.242 e. The molecule has 0 radical (unpaired) electrons. The van der Waals surface area contributed by atoms with Crippen LogP contribution in [0.1, 0.15) is 19.3 Å². The first-order valence-electron chi connectivity index (χ1n) is 7.26. The van der Waals surface area contributed by atoms with Gasteiger partial charge in [0.25, 0.3) is 0 Å². The molecule has 1 aromatic rings. The van der Waals surface area contributed by atoms with Crippen molar-refractivity contribution in [1.82, 2.24) is 14.8 Å². The summed E-state index contributed by atoms with van der Waals surface area (Å²) in [6.45, 7) is 1.17. The zero-order valence-corrected chi connectivity index (χ0v) is 11.8. The Kier molecular flexibility index (Phi) is 3.51. The molecular weight excluding hydrogens is 254 g/mol. The Morgan fingerprint density at radius 1 is 1.35 bits per heavy atom. The third-order valence-electron chi connectivity index (χ3n) is 4.75. The van der Waals surface area contributed by atoms with Crippen molar-refractivity contribution < 1.29 is 9.59 Å². The molecule has 1 saturated carbocycles. The molecule has 2 heterocycles. The molecule has 5 nitrogen and oxygen atoms in total. The van der Waals surface area contributed by atoms with Gasteiger partial charge in [0.15, 0.2) is 0 Å². The van der Waals surface area contributed by atoms with E-state index < -0.39 is 0 Å². The Bertz CT molecular complexity index is 497. The lowest BCUT2D eigenvalue weighted by Crippen LogP contribution is -2.38. The smallest absolute Gasteiger partial charge is 0.242 e. The van der Waals surface area contributed by atoms with Crippen molar-refractivity contribution in [3.8, 4) is 0 Å². The van der Waals surface area contributed by atoms with E-state index in [-0.39, 0.29) is 17.9 Å². The molecule has 1 aliphatic heterocycles. The fourth-order valence-corrected chi connectivity index (χ4v) is 3.50. The van der Waals surface area contributed by atoms with Gasteiger partial charge in [0.2, 0.25) is 11.8 Å². The topological polar surface area (TPSA) is 54.3 Å². The fourth-order valence-electron chi connectivity index (χ4n) is 3.50. The van der Waals surface area contributed by atoms with Crippen LogP contribution in [0.3, 0.4) is 0 Å². The van der Waals surface area contributed by atoms with Crippen LogP contribution in [-0.4, -0.2) is 40.9 Å². The minimum Gasteiger partial charge on any atom is -0.356 e. The van der Waals surface area contributed by atoms with E-state index in [0.29, 0.717) is 24.8 Å². The number of hydrogen-bond donors (Lipinski definition) is 1. The predicted molar refractivity (Wildman–Crippen MR) is 74.8 cm³/mol. The van der Waals surface area contributed by atoms with Gasteiger partial charge in [-0.1, -0.05) is 0 Å². The molecule has 1 aromatic heterocycles. The molecule has 3 rings (SSSR count). The van der Waals surface area contributed by atoms with Crippen molar-refractivity contribution in [1.29, 1.82) is 0 Å². The van der Waals surface area contributed by atoms with Crippen molar-refractivity contribution in [2.24, 2.45) is 11.8 Å². The van der Waals surface area contributed by atoms with Crippen LogP contribution >= 0.6 is 0 Å². The van der Waals surface area contributed by atoms with E-state index in [9.17, 15) is 9.59 Å². The maximum absolute atomic E-state index is 12.3. The van der Waals surface area contributed by atoms with E-state index in [1.165, 1.54) is 0 Å². The second kappa shape index (κ2) is 5.31. The van der Waals surface area contributed by atoms with Crippen LogP contribution in [0.5, 0.6) is 0 Å². The highest BCUT2D eigenvalue weighted by Gasteiger charge is 2.40. The van der Waals surface area contributed by atoms with Crippen LogP contribution in [0, 0.1) is 11.8 Å². The summed E-state index contributed by atoms with van der Waals surface area (Å²) >= 11 is 0. The molecule has 2 aliphatic rings. The number of amides is 2. The van der Waals surface area contributed by atoms with Crippen molar-refractivity contribution in [2.45, 2.75) is 31.8 Å². The molecule has 2 amide bonds. The summed E-state index contributed by atoms with van der Waals surface area (Å²) in [5.41, 5.74) is 0. The van der Waals surface area contributed by atoms with Gasteiger partial charge in [-0.05, 0) is 36.8 Å². The number of likely N-dealkylation sites (N-methyl/N-ethyl adjacent to an activating group) is 1. The minimum absolute atomic E-state index is 0.143. The molecule has 3 atom stereocenters. The summed E-state index contributed by atoms with van der Waals surface area (Å²) in [4.78, 5) is 25.6. The third-order valence-corrected chi connectivity index (χ3v) is 4.75. The number of piperidine rings is 1.